The Morgan fingerprint density at radius 1 is 1.45 bits per heavy atom. The van der Waals surface area contributed by atoms with E-state index in [0.717, 1.165) is 0 Å². The molecule has 0 aliphatic carbocycles. The van der Waals surface area contributed by atoms with Crippen molar-refractivity contribution in [2.75, 3.05) is 20.7 Å². The number of esters is 1. The van der Waals surface area contributed by atoms with E-state index in [9.17, 15) is 9.59 Å². The van der Waals surface area contributed by atoms with Gasteiger partial charge in [-0.15, -0.1) is 0 Å². The van der Waals surface area contributed by atoms with Gasteiger partial charge in [-0.1, -0.05) is 11.6 Å². The minimum Gasteiger partial charge on any atom is -0.496 e. The first-order chi connectivity index (χ1) is 10.4. The van der Waals surface area contributed by atoms with Crippen molar-refractivity contribution in [3.05, 3.63) is 28.8 Å². The van der Waals surface area contributed by atoms with Crippen LogP contribution in [0, 0.1) is 11.3 Å². The van der Waals surface area contributed by atoms with Crippen molar-refractivity contribution in [3.8, 4) is 11.8 Å². The number of halogens is 1. The number of nitriles is 1. The number of hydrogen-bond acceptors (Lipinski definition) is 5. The summed E-state index contributed by atoms with van der Waals surface area (Å²) in [6.45, 7) is 1.75. The molecule has 1 amide bonds. The van der Waals surface area contributed by atoms with E-state index < -0.39 is 12.1 Å². The summed E-state index contributed by atoms with van der Waals surface area (Å²) in [5, 5.41) is 8.87. The highest BCUT2D eigenvalue weighted by molar-refractivity contribution is 6.31. The third-order valence-electron chi connectivity index (χ3n) is 2.95. The summed E-state index contributed by atoms with van der Waals surface area (Å²) < 4.78 is 10.2. The van der Waals surface area contributed by atoms with Crippen LogP contribution in [0.1, 0.15) is 23.7 Å². The number of likely N-dealkylation sites (N-methyl/N-ethyl adjacent to an activating group) is 1. The van der Waals surface area contributed by atoms with Crippen LogP contribution in [0.15, 0.2) is 18.2 Å². The van der Waals surface area contributed by atoms with E-state index in [-0.39, 0.29) is 24.4 Å². The van der Waals surface area contributed by atoms with Gasteiger partial charge in [-0.3, -0.25) is 4.79 Å². The first-order valence-electron chi connectivity index (χ1n) is 6.57. The van der Waals surface area contributed by atoms with E-state index in [4.69, 9.17) is 26.3 Å². The third-order valence-corrected chi connectivity index (χ3v) is 3.18. The van der Waals surface area contributed by atoms with E-state index in [2.05, 4.69) is 0 Å². The third kappa shape index (κ3) is 4.64. The van der Waals surface area contributed by atoms with Crippen LogP contribution in [-0.4, -0.2) is 43.6 Å². The summed E-state index contributed by atoms with van der Waals surface area (Å²) in [6, 6.07) is 6.49. The van der Waals surface area contributed by atoms with E-state index >= 15 is 0 Å². The zero-order valence-electron chi connectivity index (χ0n) is 12.6. The van der Waals surface area contributed by atoms with E-state index in [0.29, 0.717) is 10.8 Å². The maximum absolute atomic E-state index is 12.1. The van der Waals surface area contributed by atoms with Gasteiger partial charge in [0.05, 0.1) is 19.6 Å². The summed E-state index contributed by atoms with van der Waals surface area (Å²) in [4.78, 5) is 25.5. The van der Waals surface area contributed by atoms with Crippen LogP contribution in [0.4, 0.5) is 0 Å². The van der Waals surface area contributed by atoms with E-state index in [1.807, 2.05) is 6.07 Å². The molecule has 118 valence electrons. The molecule has 0 unspecified atom stereocenters. The lowest BCUT2D eigenvalue weighted by molar-refractivity contribution is -0.138. The van der Waals surface area contributed by atoms with Gasteiger partial charge in [0, 0.05) is 18.6 Å². The smallest absolute Gasteiger partial charge is 0.342 e. The number of amides is 1. The number of methoxy groups -OCH3 is 1. The molecule has 1 aromatic carbocycles. The highest BCUT2D eigenvalue weighted by Gasteiger charge is 2.23. The second-order valence-electron chi connectivity index (χ2n) is 4.56. The second kappa shape index (κ2) is 8.25. The predicted molar refractivity (Wildman–Crippen MR) is 80.7 cm³/mol. The van der Waals surface area contributed by atoms with Crippen LogP contribution in [0.2, 0.25) is 5.02 Å². The van der Waals surface area contributed by atoms with Crippen molar-refractivity contribution >= 4 is 23.5 Å². The molecular weight excluding hydrogens is 308 g/mol. The lowest BCUT2D eigenvalue weighted by Gasteiger charge is -2.20. The Bertz CT molecular complexity index is 598. The van der Waals surface area contributed by atoms with Gasteiger partial charge in [-0.05, 0) is 25.1 Å². The Balaban J connectivity index is 2.78. The molecule has 22 heavy (non-hydrogen) atoms. The van der Waals surface area contributed by atoms with Crippen molar-refractivity contribution in [1.29, 1.82) is 5.26 Å². The average Bonchev–Trinajstić information content (AvgIpc) is 2.51. The predicted octanol–water partition coefficient (Wildman–Crippen LogP) is 2.27. The van der Waals surface area contributed by atoms with Crippen LogP contribution in [0.3, 0.4) is 0 Å². The molecule has 0 aliphatic heterocycles. The standard InChI is InChI=1S/C15H17ClN2O4/c1-10(14(19)18(2)8-4-7-17)22-15(20)12-9-11(16)5-6-13(12)21-3/h5-6,9-10H,4,8H2,1-3H3/t10-/m0/s1. The zero-order valence-corrected chi connectivity index (χ0v) is 13.4. The molecule has 7 heteroatoms. The number of rotatable bonds is 6. The minimum absolute atomic E-state index is 0.148. The molecule has 1 rings (SSSR count). The molecule has 6 nitrogen and oxygen atoms in total. The molecule has 0 aliphatic rings. The van der Waals surface area contributed by atoms with E-state index in [1.165, 1.54) is 25.0 Å². The Morgan fingerprint density at radius 3 is 2.73 bits per heavy atom. The quantitative estimate of drug-likeness (QED) is 0.750. The molecule has 1 atom stereocenters. The van der Waals surface area contributed by atoms with Crippen molar-refractivity contribution in [2.45, 2.75) is 19.4 Å². The van der Waals surface area contributed by atoms with Crippen LogP contribution >= 0.6 is 11.6 Å². The van der Waals surface area contributed by atoms with Gasteiger partial charge in [0.1, 0.15) is 11.3 Å². The fourth-order valence-corrected chi connectivity index (χ4v) is 1.92. The second-order valence-corrected chi connectivity index (χ2v) is 5.00. The molecule has 0 bridgehead atoms. The Morgan fingerprint density at radius 2 is 2.14 bits per heavy atom. The number of ether oxygens (including phenoxy) is 2. The van der Waals surface area contributed by atoms with Gasteiger partial charge in [-0.25, -0.2) is 4.79 Å². The fraction of sp³-hybridized carbons (Fsp3) is 0.400. The highest BCUT2D eigenvalue weighted by Crippen LogP contribution is 2.23. The summed E-state index contributed by atoms with van der Waals surface area (Å²) in [7, 11) is 2.97. The summed E-state index contributed by atoms with van der Waals surface area (Å²) in [5.74, 6) is -0.773. The Kier molecular flexibility index (Phi) is 6.67. The van der Waals surface area contributed by atoms with Crippen molar-refractivity contribution in [1.82, 2.24) is 4.90 Å². The van der Waals surface area contributed by atoms with Gasteiger partial charge in [-0.2, -0.15) is 5.26 Å². The lowest BCUT2D eigenvalue weighted by atomic mass is 10.2. The number of benzene rings is 1. The van der Waals surface area contributed by atoms with Crippen LogP contribution in [-0.2, 0) is 9.53 Å². The molecule has 0 spiro atoms. The zero-order chi connectivity index (χ0) is 16.7. The van der Waals surface area contributed by atoms with Gasteiger partial charge in [0.25, 0.3) is 5.91 Å². The summed E-state index contributed by atoms with van der Waals surface area (Å²) in [5.41, 5.74) is 0.148. The van der Waals surface area contributed by atoms with Gasteiger partial charge >= 0.3 is 5.97 Å². The molecule has 0 aromatic heterocycles. The van der Waals surface area contributed by atoms with Crippen molar-refractivity contribution in [2.24, 2.45) is 0 Å². The largest absolute Gasteiger partial charge is 0.496 e. The monoisotopic (exact) mass is 324 g/mol. The topological polar surface area (TPSA) is 79.6 Å². The molecule has 0 fully saturated rings. The Hall–Kier alpha value is -2.26. The summed E-state index contributed by atoms with van der Waals surface area (Å²) >= 11 is 5.86. The molecule has 1 aromatic rings. The molecule has 0 N–H and O–H groups in total. The Labute approximate surface area is 134 Å². The number of carbonyl (C=O) groups excluding carboxylic acids is 2. The normalized spacial score (nSPS) is 11.2. The fourth-order valence-electron chi connectivity index (χ4n) is 1.75. The van der Waals surface area contributed by atoms with Crippen LogP contribution < -0.4 is 4.74 Å². The molecule has 0 heterocycles. The minimum atomic E-state index is -0.972. The van der Waals surface area contributed by atoms with Gasteiger partial charge < -0.3 is 14.4 Å². The van der Waals surface area contributed by atoms with Crippen LogP contribution in [0.5, 0.6) is 5.75 Å². The van der Waals surface area contributed by atoms with E-state index in [1.54, 1.807) is 19.2 Å². The highest BCUT2D eigenvalue weighted by atomic mass is 35.5. The molecule has 0 radical (unpaired) electrons. The molecular formula is C15H17ClN2O4. The SMILES string of the molecule is COc1ccc(Cl)cc1C(=O)O[C@@H](C)C(=O)N(C)CCC#N. The first kappa shape index (κ1) is 17.8. The maximum Gasteiger partial charge on any atom is 0.342 e. The lowest BCUT2D eigenvalue weighted by Crippen LogP contribution is -2.37. The van der Waals surface area contributed by atoms with Crippen LogP contribution in [0.25, 0.3) is 0 Å². The number of hydrogen-bond donors (Lipinski definition) is 0. The van der Waals surface area contributed by atoms with Gasteiger partial charge in [0.2, 0.25) is 0 Å². The molecule has 0 saturated carbocycles. The van der Waals surface area contributed by atoms with Crippen molar-refractivity contribution < 1.29 is 19.1 Å². The number of nitrogens with zero attached hydrogens (tertiary/aromatic N) is 2. The average molecular weight is 325 g/mol. The number of carbonyl (C=O) groups is 2. The van der Waals surface area contributed by atoms with Gasteiger partial charge in [0.15, 0.2) is 6.10 Å². The molecule has 0 saturated heterocycles. The summed E-state index contributed by atoms with van der Waals surface area (Å²) in [6.07, 6.45) is -0.759. The van der Waals surface area contributed by atoms with Crippen molar-refractivity contribution in [3.63, 3.8) is 0 Å². The maximum atomic E-state index is 12.1. The first-order valence-corrected chi connectivity index (χ1v) is 6.95.